The van der Waals surface area contributed by atoms with Crippen molar-refractivity contribution >= 4 is 17.4 Å². The number of aryl methyl sites for hydroxylation is 1. The van der Waals surface area contributed by atoms with Crippen LogP contribution in [0.15, 0.2) is 35.7 Å². The number of nitrogens with one attached hydrogen (secondary N) is 1. The molecule has 1 atom stereocenters. The largest absolute Gasteiger partial charge is 0.345 e. The van der Waals surface area contributed by atoms with E-state index >= 15 is 0 Å². The van der Waals surface area contributed by atoms with Gasteiger partial charge in [0.25, 0.3) is 5.91 Å². The Labute approximate surface area is 105 Å². The maximum absolute atomic E-state index is 12.0. The van der Waals surface area contributed by atoms with Gasteiger partial charge < -0.3 is 5.32 Å². The number of amides is 1. The lowest BCUT2D eigenvalue weighted by Gasteiger charge is -2.13. The molecular weight excluding hydrogens is 232 g/mol. The first-order valence-electron chi connectivity index (χ1n) is 5.45. The molecule has 0 aliphatic carbocycles. The van der Waals surface area contributed by atoms with Gasteiger partial charge in [0.2, 0.25) is 0 Å². The van der Waals surface area contributed by atoms with Crippen molar-refractivity contribution in [2.24, 2.45) is 0 Å². The Balaban J connectivity index is 2.08. The molecule has 1 N–H and O–H groups in total. The third-order valence-corrected chi connectivity index (χ3v) is 3.36. The molecule has 1 aromatic carbocycles. The second-order valence-electron chi connectivity index (χ2n) is 3.92. The van der Waals surface area contributed by atoms with Gasteiger partial charge in [0.15, 0.2) is 0 Å². The van der Waals surface area contributed by atoms with Gasteiger partial charge in [-0.1, -0.05) is 30.3 Å². The Morgan fingerprint density at radius 2 is 2.06 bits per heavy atom. The van der Waals surface area contributed by atoms with Crippen LogP contribution in [0.3, 0.4) is 0 Å². The molecule has 1 unspecified atom stereocenters. The number of hydrogen-bond acceptors (Lipinski definition) is 3. The van der Waals surface area contributed by atoms with Crippen LogP contribution in [0.4, 0.5) is 0 Å². The highest BCUT2D eigenvalue weighted by molar-refractivity contribution is 7.03. The summed E-state index contributed by atoms with van der Waals surface area (Å²) in [6.45, 7) is 3.82. The highest BCUT2D eigenvalue weighted by atomic mass is 32.1. The lowest BCUT2D eigenvalue weighted by atomic mass is 10.1. The molecule has 1 heterocycles. The Bertz CT molecular complexity index is 507. The molecule has 0 aliphatic heterocycles. The summed E-state index contributed by atoms with van der Waals surface area (Å²) in [6.07, 6.45) is 0. The molecule has 4 heteroatoms. The third kappa shape index (κ3) is 2.71. The zero-order valence-corrected chi connectivity index (χ0v) is 10.6. The van der Waals surface area contributed by atoms with Gasteiger partial charge >= 0.3 is 0 Å². The predicted molar refractivity (Wildman–Crippen MR) is 69.2 cm³/mol. The van der Waals surface area contributed by atoms with Crippen LogP contribution in [0.25, 0.3) is 0 Å². The summed E-state index contributed by atoms with van der Waals surface area (Å²) in [5.74, 6) is -0.0624. The summed E-state index contributed by atoms with van der Waals surface area (Å²) in [5, 5.41) is 4.75. The van der Waals surface area contributed by atoms with E-state index < -0.39 is 0 Å². The van der Waals surface area contributed by atoms with Crippen LogP contribution in [0.5, 0.6) is 0 Å². The van der Waals surface area contributed by atoms with Gasteiger partial charge in [-0.2, -0.15) is 4.37 Å². The average molecular weight is 246 g/mol. The smallest absolute Gasteiger partial charge is 0.254 e. The van der Waals surface area contributed by atoms with Gasteiger partial charge in [-0.3, -0.25) is 4.79 Å². The Kier molecular flexibility index (Phi) is 3.54. The quantitative estimate of drug-likeness (QED) is 0.904. The summed E-state index contributed by atoms with van der Waals surface area (Å²) in [4.78, 5) is 12.0. The lowest BCUT2D eigenvalue weighted by Crippen LogP contribution is -2.26. The minimum atomic E-state index is -0.0624. The van der Waals surface area contributed by atoms with Crippen molar-refractivity contribution < 1.29 is 4.79 Å². The molecule has 0 radical (unpaired) electrons. The van der Waals surface area contributed by atoms with Crippen LogP contribution >= 0.6 is 11.5 Å². The van der Waals surface area contributed by atoms with Crippen molar-refractivity contribution in [3.8, 4) is 0 Å². The van der Waals surface area contributed by atoms with E-state index in [0.29, 0.717) is 5.56 Å². The van der Waals surface area contributed by atoms with E-state index in [4.69, 9.17) is 0 Å². The van der Waals surface area contributed by atoms with Gasteiger partial charge in [-0.25, -0.2) is 0 Å². The number of carbonyl (C=O) groups excluding carboxylic acids is 1. The van der Waals surface area contributed by atoms with Gasteiger partial charge in [-0.05, 0) is 30.9 Å². The van der Waals surface area contributed by atoms with Crippen LogP contribution in [0.1, 0.15) is 34.6 Å². The van der Waals surface area contributed by atoms with E-state index in [-0.39, 0.29) is 11.9 Å². The van der Waals surface area contributed by atoms with Gasteiger partial charge in [-0.15, -0.1) is 0 Å². The van der Waals surface area contributed by atoms with E-state index in [2.05, 4.69) is 9.69 Å². The normalized spacial score (nSPS) is 12.1. The van der Waals surface area contributed by atoms with Crippen molar-refractivity contribution in [1.82, 2.24) is 9.69 Å². The fraction of sp³-hybridized carbons (Fsp3) is 0.231. The fourth-order valence-corrected chi connectivity index (χ4v) is 2.30. The molecule has 1 aromatic heterocycles. The maximum Gasteiger partial charge on any atom is 0.254 e. The second-order valence-corrected chi connectivity index (χ2v) is 4.55. The molecule has 2 rings (SSSR count). The van der Waals surface area contributed by atoms with Gasteiger partial charge in [0.05, 0.1) is 17.3 Å². The highest BCUT2D eigenvalue weighted by Crippen LogP contribution is 2.14. The summed E-state index contributed by atoms with van der Waals surface area (Å²) >= 11 is 1.31. The third-order valence-electron chi connectivity index (χ3n) is 2.64. The first-order chi connectivity index (χ1) is 8.18. The fourth-order valence-electron chi connectivity index (χ4n) is 1.61. The molecule has 17 heavy (non-hydrogen) atoms. The summed E-state index contributed by atoms with van der Waals surface area (Å²) in [6, 6.07) is 9.91. The number of rotatable bonds is 3. The predicted octanol–water partition coefficient (Wildman–Crippen LogP) is 2.94. The molecule has 0 spiro atoms. The summed E-state index contributed by atoms with van der Waals surface area (Å²) in [7, 11) is 0. The molecule has 0 bridgehead atoms. The molecule has 3 nitrogen and oxygen atoms in total. The minimum Gasteiger partial charge on any atom is -0.345 e. The van der Waals surface area contributed by atoms with Crippen molar-refractivity contribution in [2.75, 3.05) is 0 Å². The Morgan fingerprint density at radius 3 is 2.65 bits per heavy atom. The van der Waals surface area contributed by atoms with E-state index in [1.165, 1.54) is 11.5 Å². The van der Waals surface area contributed by atoms with E-state index in [1.54, 1.807) is 5.38 Å². The van der Waals surface area contributed by atoms with E-state index in [0.717, 1.165) is 11.3 Å². The van der Waals surface area contributed by atoms with E-state index in [9.17, 15) is 4.79 Å². The molecule has 2 aromatic rings. The number of nitrogens with zero attached hydrogens (tertiary/aromatic N) is 1. The van der Waals surface area contributed by atoms with Crippen LogP contribution in [0, 0.1) is 6.92 Å². The molecule has 0 saturated heterocycles. The Morgan fingerprint density at radius 1 is 1.35 bits per heavy atom. The van der Waals surface area contributed by atoms with Crippen molar-refractivity contribution in [3.63, 3.8) is 0 Å². The lowest BCUT2D eigenvalue weighted by molar-refractivity contribution is 0.0939. The van der Waals surface area contributed by atoms with Gasteiger partial charge in [0.1, 0.15) is 0 Å². The molecule has 0 saturated carbocycles. The zero-order valence-electron chi connectivity index (χ0n) is 9.81. The van der Waals surface area contributed by atoms with Crippen LogP contribution in [0.2, 0.25) is 0 Å². The topological polar surface area (TPSA) is 42.0 Å². The first-order valence-corrected chi connectivity index (χ1v) is 6.29. The van der Waals surface area contributed by atoms with Crippen LogP contribution in [-0.2, 0) is 0 Å². The maximum atomic E-state index is 12.0. The molecule has 1 amide bonds. The van der Waals surface area contributed by atoms with Crippen LogP contribution in [-0.4, -0.2) is 10.3 Å². The molecule has 0 fully saturated rings. The van der Waals surface area contributed by atoms with E-state index in [1.807, 2.05) is 44.2 Å². The molecule has 0 aliphatic rings. The van der Waals surface area contributed by atoms with Crippen molar-refractivity contribution in [2.45, 2.75) is 19.9 Å². The monoisotopic (exact) mass is 246 g/mol. The Hall–Kier alpha value is -1.68. The van der Waals surface area contributed by atoms with Crippen molar-refractivity contribution in [3.05, 3.63) is 52.5 Å². The number of aromatic nitrogens is 1. The number of hydrogen-bond donors (Lipinski definition) is 1. The van der Waals surface area contributed by atoms with Crippen LogP contribution < -0.4 is 5.32 Å². The number of benzene rings is 1. The molecule has 88 valence electrons. The second kappa shape index (κ2) is 5.10. The molecular formula is C13H14N2OS. The average Bonchev–Trinajstić information content (AvgIpc) is 2.76. The van der Waals surface area contributed by atoms with Crippen molar-refractivity contribution in [1.29, 1.82) is 0 Å². The summed E-state index contributed by atoms with van der Waals surface area (Å²) in [5.41, 5.74) is 2.55. The minimum absolute atomic E-state index is 0.00278. The highest BCUT2D eigenvalue weighted by Gasteiger charge is 2.14. The standard InChI is InChI=1S/C13H14N2OS/c1-9(11-6-4-3-5-7-11)14-13(16)12-8-17-15-10(12)2/h3-9H,1-2H3,(H,14,16). The van der Waals surface area contributed by atoms with Gasteiger partial charge in [0, 0.05) is 5.38 Å². The number of carbonyl (C=O) groups is 1. The zero-order chi connectivity index (χ0) is 12.3. The summed E-state index contributed by atoms with van der Waals surface area (Å²) < 4.78 is 4.10. The first kappa shape index (κ1) is 11.8. The SMILES string of the molecule is Cc1nscc1C(=O)NC(C)c1ccccc1.